The largest absolute Gasteiger partial charge is 0.266 e. The molecule has 1 aromatic heterocycles. The molecule has 1 aromatic carbocycles. The number of nitrogens with zero attached hydrogens (tertiary/aromatic N) is 2. The van der Waals surface area contributed by atoms with Crippen LogP contribution < -0.4 is 0 Å². The van der Waals surface area contributed by atoms with Gasteiger partial charge in [0.2, 0.25) is 0 Å². The van der Waals surface area contributed by atoms with E-state index in [1.807, 2.05) is 36.0 Å². The smallest absolute Gasteiger partial charge is 0.0839 e. The molecule has 0 bridgehead atoms. The fourth-order valence-corrected chi connectivity index (χ4v) is 2.78. The van der Waals surface area contributed by atoms with E-state index < -0.39 is 0 Å². The van der Waals surface area contributed by atoms with Crippen molar-refractivity contribution in [2.75, 3.05) is 0 Å². The Labute approximate surface area is 108 Å². The van der Waals surface area contributed by atoms with Crippen LogP contribution in [-0.4, -0.2) is 9.78 Å². The number of hydrogen-bond acceptors (Lipinski definition) is 1. The summed E-state index contributed by atoms with van der Waals surface area (Å²) in [5, 5.41) is 5.20. The number of benzene rings is 1. The minimum absolute atomic E-state index is 0.744. The molecule has 1 heterocycles. The minimum atomic E-state index is 0.744. The van der Waals surface area contributed by atoms with Crippen LogP contribution in [0.4, 0.5) is 0 Å². The van der Waals surface area contributed by atoms with Crippen LogP contribution in [0, 0.1) is 0 Å². The highest BCUT2D eigenvalue weighted by Crippen LogP contribution is 2.34. The lowest BCUT2D eigenvalue weighted by Gasteiger charge is -2.05. The lowest BCUT2D eigenvalue weighted by Crippen LogP contribution is -1.94. The van der Waals surface area contributed by atoms with Gasteiger partial charge in [-0.2, -0.15) is 5.10 Å². The first-order chi connectivity index (χ1) is 7.65. The fourth-order valence-electron chi connectivity index (χ4n) is 1.73. The summed E-state index contributed by atoms with van der Waals surface area (Å²) >= 11 is 9.78. The first-order valence-corrected chi connectivity index (χ1v) is 6.28. The zero-order valence-electron chi connectivity index (χ0n) is 9.17. The Balaban J connectivity index is 2.65. The van der Waals surface area contributed by atoms with E-state index in [1.165, 1.54) is 0 Å². The second-order valence-electron chi connectivity index (χ2n) is 3.57. The van der Waals surface area contributed by atoms with Crippen LogP contribution in [0.25, 0.3) is 11.3 Å². The number of hydrogen-bond donors (Lipinski definition) is 0. The second-order valence-corrected chi connectivity index (χ2v) is 4.77. The summed E-state index contributed by atoms with van der Waals surface area (Å²) in [6.45, 7) is 2.09. The molecule has 0 saturated heterocycles. The highest BCUT2D eigenvalue weighted by atomic mass is 79.9. The summed E-state index contributed by atoms with van der Waals surface area (Å²) in [4.78, 5) is 0. The van der Waals surface area contributed by atoms with Gasteiger partial charge in [-0.15, -0.1) is 0 Å². The van der Waals surface area contributed by atoms with Crippen LogP contribution in [0.15, 0.2) is 28.7 Å². The molecule has 2 nitrogen and oxygen atoms in total. The molecular weight excluding hydrogens is 288 g/mol. The topological polar surface area (TPSA) is 17.8 Å². The lowest BCUT2D eigenvalue weighted by atomic mass is 10.1. The van der Waals surface area contributed by atoms with Gasteiger partial charge >= 0.3 is 0 Å². The average Bonchev–Trinajstić information content (AvgIpc) is 2.55. The van der Waals surface area contributed by atoms with E-state index in [-0.39, 0.29) is 0 Å². The molecule has 0 spiro atoms. The van der Waals surface area contributed by atoms with Gasteiger partial charge in [0.15, 0.2) is 0 Å². The molecular formula is C12H12BrClN2. The van der Waals surface area contributed by atoms with Gasteiger partial charge in [-0.3, -0.25) is 4.68 Å². The predicted octanol–water partition coefficient (Wildman–Crippen LogP) is 4.07. The Kier molecular flexibility index (Phi) is 3.36. The van der Waals surface area contributed by atoms with Crippen LogP contribution in [0.5, 0.6) is 0 Å². The van der Waals surface area contributed by atoms with Crippen molar-refractivity contribution in [2.45, 2.75) is 13.3 Å². The SMILES string of the molecule is CCc1nn(C)c(-c2ccccc2Cl)c1Br. The van der Waals surface area contributed by atoms with E-state index in [0.29, 0.717) is 0 Å². The molecule has 0 radical (unpaired) electrons. The normalized spacial score (nSPS) is 10.8. The number of halogens is 2. The molecule has 2 rings (SSSR count). The molecule has 0 atom stereocenters. The van der Waals surface area contributed by atoms with Crippen LogP contribution in [0.2, 0.25) is 5.02 Å². The molecule has 0 amide bonds. The summed E-state index contributed by atoms with van der Waals surface area (Å²) in [6.07, 6.45) is 0.902. The van der Waals surface area contributed by atoms with Gasteiger partial charge in [-0.1, -0.05) is 36.7 Å². The Morgan fingerprint density at radius 3 is 2.62 bits per heavy atom. The Hall–Kier alpha value is -0.800. The van der Waals surface area contributed by atoms with Gasteiger partial charge in [0, 0.05) is 17.6 Å². The molecule has 0 saturated carbocycles. The maximum atomic E-state index is 6.19. The third-order valence-corrected chi connectivity index (χ3v) is 3.68. The molecule has 0 unspecified atom stereocenters. The molecule has 84 valence electrons. The van der Waals surface area contributed by atoms with Crippen molar-refractivity contribution < 1.29 is 0 Å². The van der Waals surface area contributed by atoms with Gasteiger partial charge in [0.1, 0.15) is 0 Å². The molecule has 0 aliphatic rings. The molecule has 16 heavy (non-hydrogen) atoms. The molecule has 0 aliphatic heterocycles. The van der Waals surface area contributed by atoms with Gasteiger partial charge in [-0.05, 0) is 28.4 Å². The van der Waals surface area contributed by atoms with E-state index in [1.54, 1.807) is 0 Å². The third-order valence-electron chi connectivity index (χ3n) is 2.52. The number of aryl methyl sites for hydroxylation is 2. The number of aromatic nitrogens is 2. The molecule has 0 N–H and O–H groups in total. The average molecular weight is 300 g/mol. The van der Waals surface area contributed by atoms with Crippen molar-refractivity contribution in [3.05, 3.63) is 39.5 Å². The van der Waals surface area contributed by atoms with Gasteiger partial charge in [0.05, 0.1) is 15.9 Å². The monoisotopic (exact) mass is 298 g/mol. The molecule has 2 aromatic rings. The van der Waals surface area contributed by atoms with Crippen molar-refractivity contribution in [1.29, 1.82) is 0 Å². The minimum Gasteiger partial charge on any atom is -0.266 e. The van der Waals surface area contributed by atoms with Crippen molar-refractivity contribution in [1.82, 2.24) is 9.78 Å². The number of rotatable bonds is 2. The summed E-state index contributed by atoms with van der Waals surface area (Å²) in [6, 6.07) is 7.80. The van der Waals surface area contributed by atoms with Crippen molar-refractivity contribution in [2.24, 2.45) is 7.05 Å². The van der Waals surface area contributed by atoms with Crippen LogP contribution in [0.3, 0.4) is 0 Å². The van der Waals surface area contributed by atoms with E-state index in [9.17, 15) is 0 Å². The third kappa shape index (κ3) is 1.89. The highest BCUT2D eigenvalue weighted by molar-refractivity contribution is 9.10. The lowest BCUT2D eigenvalue weighted by molar-refractivity contribution is 0.753. The van der Waals surface area contributed by atoms with Crippen LogP contribution >= 0.6 is 27.5 Å². The van der Waals surface area contributed by atoms with E-state index in [2.05, 4.69) is 28.0 Å². The maximum absolute atomic E-state index is 6.19. The van der Waals surface area contributed by atoms with E-state index in [0.717, 1.165) is 32.9 Å². The Bertz CT molecular complexity index is 520. The van der Waals surface area contributed by atoms with Crippen molar-refractivity contribution >= 4 is 27.5 Å². The van der Waals surface area contributed by atoms with Gasteiger partial charge < -0.3 is 0 Å². The van der Waals surface area contributed by atoms with E-state index in [4.69, 9.17) is 11.6 Å². The fraction of sp³-hybridized carbons (Fsp3) is 0.250. The molecule has 0 fully saturated rings. The Morgan fingerprint density at radius 2 is 2.06 bits per heavy atom. The van der Waals surface area contributed by atoms with Gasteiger partial charge in [-0.25, -0.2) is 0 Å². The first kappa shape index (κ1) is 11.7. The standard InChI is InChI=1S/C12H12BrClN2/c1-3-10-11(13)12(16(2)15-10)8-6-4-5-7-9(8)14/h4-7H,3H2,1-2H3. The van der Waals surface area contributed by atoms with Crippen LogP contribution in [-0.2, 0) is 13.5 Å². The first-order valence-electron chi connectivity index (χ1n) is 5.11. The summed E-state index contributed by atoms with van der Waals surface area (Å²) in [5.74, 6) is 0. The Morgan fingerprint density at radius 1 is 1.38 bits per heavy atom. The summed E-state index contributed by atoms with van der Waals surface area (Å²) < 4.78 is 2.90. The van der Waals surface area contributed by atoms with Crippen molar-refractivity contribution in [3.8, 4) is 11.3 Å². The van der Waals surface area contributed by atoms with Gasteiger partial charge in [0.25, 0.3) is 0 Å². The zero-order chi connectivity index (χ0) is 11.7. The highest BCUT2D eigenvalue weighted by Gasteiger charge is 2.15. The zero-order valence-corrected chi connectivity index (χ0v) is 11.5. The summed E-state index contributed by atoms with van der Waals surface area (Å²) in [7, 11) is 1.93. The second kappa shape index (κ2) is 4.60. The van der Waals surface area contributed by atoms with Crippen LogP contribution in [0.1, 0.15) is 12.6 Å². The predicted molar refractivity (Wildman–Crippen MR) is 70.7 cm³/mol. The quantitative estimate of drug-likeness (QED) is 0.817. The summed E-state index contributed by atoms with van der Waals surface area (Å²) in [5.41, 5.74) is 3.09. The van der Waals surface area contributed by atoms with E-state index >= 15 is 0 Å². The maximum Gasteiger partial charge on any atom is 0.0839 e. The van der Waals surface area contributed by atoms with Crippen molar-refractivity contribution in [3.63, 3.8) is 0 Å². The molecule has 0 aliphatic carbocycles. The molecule has 4 heteroatoms.